The molecule has 0 bridgehead atoms. The standard InChI is InChI=1S/C11H17N3/c1-14(10-5-6-10)9-8-13-11-4-2-3-7-12-11/h2-4,7,10H,5-6,8-9H2,1H3,(H,12,13). The average molecular weight is 191 g/mol. The molecule has 0 spiro atoms. The number of aromatic nitrogens is 1. The number of nitrogens with one attached hydrogen (secondary N) is 1. The maximum atomic E-state index is 4.21. The Morgan fingerprint density at radius 2 is 2.36 bits per heavy atom. The maximum absolute atomic E-state index is 4.21. The summed E-state index contributed by atoms with van der Waals surface area (Å²) in [5.41, 5.74) is 0. The maximum Gasteiger partial charge on any atom is 0.125 e. The lowest BCUT2D eigenvalue weighted by molar-refractivity contribution is 0.337. The van der Waals surface area contributed by atoms with Crippen molar-refractivity contribution in [2.24, 2.45) is 0 Å². The minimum absolute atomic E-state index is 0.848. The predicted octanol–water partition coefficient (Wildman–Crippen LogP) is 1.59. The molecule has 0 atom stereocenters. The van der Waals surface area contributed by atoms with Crippen LogP contribution in [0, 0.1) is 0 Å². The molecule has 0 unspecified atom stereocenters. The van der Waals surface area contributed by atoms with E-state index in [9.17, 15) is 0 Å². The highest BCUT2D eigenvalue weighted by atomic mass is 15.2. The molecule has 1 N–H and O–H groups in total. The lowest BCUT2D eigenvalue weighted by atomic mass is 10.4. The summed E-state index contributed by atoms with van der Waals surface area (Å²) in [6.45, 7) is 2.07. The highest BCUT2D eigenvalue weighted by Gasteiger charge is 2.25. The molecule has 0 amide bonds. The second kappa shape index (κ2) is 4.42. The topological polar surface area (TPSA) is 28.2 Å². The van der Waals surface area contributed by atoms with Gasteiger partial charge in [-0.1, -0.05) is 6.07 Å². The summed E-state index contributed by atoms with van der Waals surface area (Å²) in [6, 6.07) is 6.78. The van der Waals surface area contributed by atoms with E-state index in [4.69, 9.17) is 0 Å². The molecule has 0 radical (unpaired) electrons. The van der Waals surface area contributed by atoms with Gasteiger partial charge in [-0.15, -0.1) is 0 Å². The third kappa shape index (κ3) is 2.70. The molecular weight excluding hydrogens is 174 g/mol. The van der Waals surface area contributed by atoms with Crippen LogP contribution in [0.15, 0.2) is 24.4 Å². The minimum Gasteiger partial charge on any atom is -0.369 e. The quantitative estimate of drug-likeness (QED) is 0.766. The molecule has 1 heterocycles. The van der Waals surface area contributed by atoms with Crippen LogP contribution < -0.4 is 5.32 Å². The first-order chi connectivity index (χ1) is 6.86. The van der Waals surface area contributed by atoms with Crippen molar-refractivity contribution >= 4 is 5.82 Å². The molecule has 1 saturated carbocycles. The van der Waals surface area contributed by atoms with Crippen molar-refractivity contribution in [3.8, 4) is 0 Å². The van der Waals surface area contributed by atoms with Gasteiger partial charge in [0, 0.05) is 25.3 Å². The van der Waals surface area contributed by atoms with E-state index >= 15 is 0 Å². The summed E-state index contributed by atoms with van der Waals surface area (Å²) in [5, 5.41) is 3.31. The van der Waals surface area contributed by atoms with Gasteiger partial charge in [0.05, 0.1) is 0 Å². The lowest BCUT2D eigenvalue weighted by Crippen LogP contribution is -2.27. The van der Waals surface area contributed by atoms with Crippen molar-refractivity contribution in [3.63, 3.8) is 0 Å². The Bertz CT molecular complexity index is 269. The van der Waals surface area contributed by atoms with E-state index in [1.165, 1.54) is 12.8 Å². The molecule has 0 aromatic carbocycles. The number of pyridine rings is 1. The fourth-order valence-electron chi connectivity index (χ4n) is 1.53. The number of likely N-dealkylation sites (N-methyl/N-ethyl adjacent to an activating group) is 1. The van der Waals surface area contributed by atoms with Crippen LogP contribution in [0.2, 0.25) is 0 Å². The van der Waals surface area contributed by atoms with Crippen molar-refractivity contribution in [2.45, 2.75) is 18.9 Å². The fraction of sp³-hybridized carbons (Fsp3) is 0.545. The highest BCUT2D eigenvalue weighted by molar-refractivity contribution is 5.32. The van der Waals surface area contributed by atoms with Gasteiger partial charge >= 0.3 is 0 Å². The number of hydrogen-bond acceptors (Lipinski definition) is 3. The fourth-order valence-corrected chi connectivity index (χ4v) is 1.53. The third-order valence-electron chi connectivity index (χ3n) is 2.61. The first kappa shape index (κ1) is 9.46. The van der Waals surface area contributed by atoms with E-state index in [0.29, 0.717) is 0 Å². The number of hydrogen-bond donors (Lipinski definition) is 1. The zero-order valence-corrected chi connectivity index (χ0v) is 8.61. The molecule has 76 valence electrons. The van der Waals surface area contributed by atoms with Gasteiger partial charge in [-0.25, -0.2) is 4.98 Å². The number of nitrogens with zero attached hydrogens (tertiary/aromatic N) is 2. The van der Waals surface area contributed by atoms with Crippen LogP contribution >= 0.6 is 0 Å². The van der Waals surface area contributed by atoms with Crippen LogP contribution in [0.1, 0.15) is 12.8 Å². The van der Waals surface area contributed by atoms with Crippen molar-refractivity contribution in [1.29, 1.82) is 0 Å². The van der Waals surface area contributed by atoms with Crippen LogP contribution in [0.4, 0.5) is 5.82 Å². The Balaban J connectivity index is 1.67. The first-order valence-electron chi connectivity index (χ1n) is 5.21. The van der Waals surface area contributed by atoms with Gasteiger partial charge in [-0.05, 0) is 32.0 Å². The molecule has 3 nitrogen and oxygen atoms in total. The second-order valence-corrected chi connectivity index (χ2v) is 3.85. The van der Waals surface area contributed by atoms with Gasteiger partial charge in [0.25, 0.3) is 0 Å². The van der Waals surface area contributed by atoms with Crippen molar-refractivity contribution in [3.05, 3.63) is 24.4 Å². The number of rotatable bonds is 5. The lowest BCUT2D eigenvalue weighted by Gasteiger charge is -2.15. The Hall–Kier alpha value is -1.09. The third-order valence-corrected chi connectivity index (χ3v) is 2.61. The SMILES string of the molecule is CN(CCNc1ccccn1)C1CC1. The van der Waals surface area contributed by atoms with Crippen molar-refractivity contribution < 1.29 is 0 Å². The van der Waals surface area contributed by atoms with Gasteiger partial charge in [-0.2, -0.15) is 0 Å². The van der Waals surface area contributed by atoms with E-state index in [1.807, 2.05) is 24.4 Å². The normalized spacial score (nSPS) is 15.9. The molecule has 1 aromatic rings. The second-order valence-electron chi connectivity index (χ2n) is 3.85. The van der Waals surface area contributed by atoms with Crippen LogP contribution in [-0.2, 0) is 0 Å². The highest BCUT2D eigenvalue weighted by Crippen LogP contribution is 2.24. The van der Waals surface area contributed by atoms with Crippen LogP contribution in [0.5, 0.6) is 0 Å². The van der Waals surface area contributed by atoms with Crippen molar-refractivity contribution in [2.75, 3.05) is 25.5 Å². The van der Waals surface area contributed by atoms with E-state index in [0.717, 1.165) is 24.9 Å². The number of anilines is 1. The molecule has 3 heteroatoms. The molecular formula is C11H17N3. The van der Waals surface area contributed by atoms with Gasteiger partial charge < -0.3 is 10.2 Å². The summed E-state index contributed by atoms with van der Waals surface area (Å²) >= 11 is 0. The Labute approximate surface area is 85.1 Å². The molecule has 2 rings (SSSR count). The molecule has 1 aromatic heterocycles. The monoisotopic (exact) mass is 191 g/mol. The average Bonchev–Trinajstić information content (AvgIpc) is 3.02. The Morgan fingerprint density at radius 1 is 1.50 bits per heavy atom. The van der Waals surface area contributed by atoms with Gasteiger partial charge in [0.2, 0.25) is 0 Å². The summed E-state index contributed by atoms with van der Waals surface area (Å²) in [6.07, 6.45) is 4.56. The van der Waals surface area contributed by atoms with E-state index in [1.54, 1.807) is 0 Å². The summed E-state index contributed by atoms with van der Waals surface area (Å²) < 4.78 is 0. The molecule has 1 aliphatic carbocycles. The molecule has 0 aliphatic heterocycles. The van der Waals surface area contributed by atoms with Gasteiger partial charge in [0.1, 0.15) is 5.82 Å². The van der Waals surface area contributed by atoms with Crippen LogP contribution in [0.3, 0.4) is 0 Å². The van der Waals surface area contributed by atoms with Crippen LogP contribution in [-0.4, -0.2) is 36.1 Å². The predicted molar refractivity (Wildman–Crippen MR) is 58.4 cm³/mol. The molecule has 1 aliphatic rings. The molecule has 14 heavy (non-hydrogen) atoms. The Morgan fingerprint density at radius 3 is 3.00 bits per heavy atom. The van der Waals surface area contributed by atoms with Gasteiger partial charge in [-0.3, -0.25) is 0 Å². The van der Waals surface area contributed by atoms with Crippen LogP contribution in [0.25, 0.3) is 0 Å². The summed E-state index contributed by atoms with van der Waals surface area (Å²) in [5.74, 6) is 0.969. The summed E-state index contributed by atoms with van der Waals surface area (Å²) in [7, 11) is 2.19. The van der Waals surface area contributed by atoms with Crippen molar-refractivity contribution in [1.82, 2.24) is 9.88 Å². The minimum atomic E-state index is 0.848. The zero-order valence-electron chi connectivity index (χ0n) is 8.61. The van der Waals surface area contributed by atoms with E-state index in [-0.39, 0.29) is 0 Å². The smallest absolute Gasteiger partial charge is 0.125 e. The molecule has 1 fully saturated rings. The zero-order chi connectivity index (χ0) is 9.80. The largest absolute Gasteiger partial charge is 0.369 e. The van der Waals surface area contributed by atoms with E-state index < -0.39 is 0 Å². The molecule has 0 saturated heterocycles. The van der Waals surface area contributed by atoms with E-state index in [2.05, 4.69) is 22.2 Å². The first-order valence-corrected chi connectivity index (χ1v) is 5.21. The summed E-state index contributed by atoms with van der Waals surface area (Å²) in [4.78, 5) is 6.62. The van der Waals surface area contributed by atoms with Gasteiger partial charge in [0.15, 0.2) is 0 Å². The Kier molecular flexibility index (Phi) is 2.99.